The molecule has 30 heavy (non-hydrogen) atoms. The van der Waals surface area contributed by atoms with Gasteiger partial charge in [0.1, 0.15) is 23.9 Å². The standard InChI is InChI=1S/C22H20FN3O4/c1-13-19(21(25-30-13)14-2-5-16(23)6-3-14)12-28-20-7-4-15(9-24-20)22(27)26-10-17-8-18(11-26)29-17/h2-7,9,17-18H,8,10-12H2,1H3/t17-,18+. The van der Waals surface area contributed by atoms with Crippen LogP contribution in [0.3, 0.4) is 0 Å². The molecule has 0 aliphatic carbocycles. The molecule has 154 valence electrons. The largest absolute Gasteiger partial charge is 0.473 e. The summed E-state index contributed by atoms with van der Waals surface area (Å²) in [6, 6.07) is 9.43. The lowest BCUT2D eigenvalue weighted by Gasteiger charge is -2.46. The minimum atomic E-state index is -0.315. The van der Waals surface area contributed by atoms with Crippen LogP contribution in [0.4, 0.5) is 4.39 Å². The molecule has 3 aromatic rings. The van der Waals surface area contributed by atoms with E-state index in [2.05, 4.69) is 10.1 Å². The van der Waals surface area contributed by atoms with Crippen molar-refractivity contribution in [1.82, 2.24) is 15.0 Å². The second-order valence-corrected chi connectivity index (χ2v) is 7.57. The molecule has 1 aromatic carbocycles. The number of rotatable bonds is 5. The molecule has 3 saturated heterocycles. The Morgan fingerprint density at radius 3 is 2.60 bits per heavy atom. The Morgan fingerprint density at radius 1 is 1.20 bits per heavy atom. The Morgan fingerprint density at radius 2 is 1.93 bits per heavy atom. The van der Waals surface area contributed by atoms with Crippen molar-refractivity contribution in [2.24, 2.45) is 0 Å². The van der Waals surface area contributed by atoms with E-state index in [1.165, 1.54) is 18.3 Å². The van der Waals surface area contributed by atoms with Crippen molar-refractivity contribution < 1.29 is 23.2 Å². The van der Waals surface area contributed by atoms with Gasteiger partial charge in [0, 0.05) is 37.3 Å². The van der Waals surface area contributed by atoms with Gasteiger partial charge in [-0.1, -0.05) is 5.16 Å². The van der Waals surface area contributed by atoms with Gasteiger partial charge in [0.2, 0.25) is 5.88 Å². The van der Waals surface area contributed by atoms with Crippen LogP contribution in [0.1, 0.15) is 28.1 Å². The summed E-state index contributed by atoms with van der Waals surface area (Å²) in [6.45, 7) is 3.25. The molecule has 2 bridgehead atoms. The highest BCUT2D eigenvalue weighted by Crippen LogP contribution is 2.29. The Balaban J connectivity index is 1.26. The fourth-order valence-corrected chi connectivity index (χ4v) is 3.84. The van der Waals surface area contributed by atoms with E-state index in [1.807, 2.05) is 4.90 Å². The van der Waals surface area contributed by atoms with E-state index in [4.69, 9.17) is 14.0 Å². The minimum Gasteiger partial charge on any atom is -0.473 e. The predicted molar refractivity (Wildman–Crippen MR) is 104 cm³/mol. The molecular weight excluding hydrogens is 389 g/mol. The van der Waals surface area contributed by atoms with Crippen molar-refractivity contribution >= 4 is 5.91 Å². The van der Waals surface area contributed by atoms with Gasteiger partial charge in [0.15, 0.2) is 0 Å². The molecule has 8 heteroatoms. The number of benzene rings is 1. The molecule has 3 aliphatic rings. The maximum absolute atomic E-state index is 13.2. The quantitative estimate of drug-likeness (QED) is 0.643. The molecule has 3 fully saturated rings. The number of amides is 1. The van der Waals surface area contributed by atoms with Gasteiger partial charge < -0.3 is 18.9 Å². The molecule has 2 atom stereocenters. The summed E-state index contributed by atoms with van der Waals surface area (Å²) in [6.07, 6.45) is 2.91. The highest BCUT2D eigenvalue weighted by molar-refractivity contribution is 5.94. The lowest BCUT2D eigenvalue weighted by atomic mass is 9.98. The van der Waals surface area contributed by atoms with Crippen LogP contribution in [0.2, 0.25) is 0 Å². The fourth-order valence-electron chi connectivity index (χ4n) is 3.84. The van der Waals surface area contributed by atoms with E-state index in [0.29, 0.717) is 36.0 Å². The van der Waals surface area contributed by atoms with Crippen molar-refractivity contribution in [2.75, 3.05) is 13.1 Å². The van der Waals surface area contributed by atoms with Gasteiger partial charge in [0.05, 0.1) is 23.3 Å². The normalized spacial score (nSPS) is 20.0. The third-order valence-corrected chi connectivity index (χ3v) is 5.50. The van der Waals surface area contributed by atoms with Gasteiger partial charge >= 0.3 is 0 Å². The average Bonchev–Trinajstić information content (AvgIpc) is 3.12. The number of pyridine rings is 1. The number of aryl methyl sites for hydroxylation is 1. The second-order valence-electron chi connectivity index (χ2n) is 7.57. The van der Waals surface area contributed by atoms with Crippen LogP contribution >= 0.6 is 0 Å². The monoisotopic (exact) mass is 409 g/mol. The Kier molecular flexibility index (Phi) is 4.71. The summed E-state index contributed by atoms with van der Waals surface area (Å²) in [5.41, 5.74) is 2.63. The van der Waals surface area contributed by atoms with E-state index < -0.39 is 0 Å². The van der Waals surface area contributed by atoms with E-state index in [0.717, 1.165) is 17.5 Å². The molecule has 3 aliphatic heterocycles. The number of aromatic nitrogens is 2. The number of hydrogen-bond donors (Lipinski definition) is 0. The number of piperidine rings is 1. The van der Waals surface area contributed by atoms with Crippen LogP contribution in [-0.4, -0.2) is 46.2 Å². The molecule has 7 nitrogen and oxygen atoms in total. The SMILES string of the molecule is Cc1onc(-c2ccc(F)cc2)c1COc1ccc(C(=O)N2C[C@H]3C[C@@H](C2)O3)cn1. The number of ether oxygens (including phenoxy) is 2. The van der Waals surface area contributed by atoms with Crippen LogP contribution in [0, 0.1) is 12.7 Å². The van der Waals surface area contributed by atoms with E-state index >= 15 is 0 Å². The van der Waals surface area contributed by atoms with Gasteiger partial charge in [0.25, 0.3) is 5.91 Å². The van der Waals surface area contributed by atoms with E-state index in [-0.39, 0.29) is 30.5 Å². The average molecular weight is 409 g/mol. The first kappa shape index (κ1) is 18.7. The number of carbonyl (C=O) groups is 1. The summed E-state index contributed by atoms with van der Waals surface area (Å²) in [7, 11) is 0. The zero-order valence-corrected chi connectivity index (χ0v) is 16.4. The Labute approximate surface area is 172 Å². The van der Waals surface area contributed by atoms with E-state index in [1.54, 1.807) is 31.2 Å². The number of halogens is 1. The Hall–Kier alpha value is -3.26. The molecule has 0 saturated carbocycles. The lowest BCUT2D eigenvalue weighted by Crippen LogP contribution is -2.58. The molecule has 0 radical (unpaired) electrons. The summed E-state index contributed by atoms with van der Waals surface area (Å²) >= 11 is 0. The first-order valence-corrected chi connectivity index (χ1v) is 9.81. The van der Waals surface area contributed by atoms with Crippen LogP contribution in [-0.2, 0) is 11.3 Å². The second kappa shape index (κ2) is 7.53. The third kappa shape index (κ3) is 3.54. The van der Waals surface area contributed by atoms with Gasteiger partial charge in [-0.25, -0.2) is 9.37 Å². The molecule has 0 N–H and O–H groups in total. The maximum atomic E-state index is 13.2. The van der Waals surface area contributed by atoms with Gasteiger partial charge in [-0.15, -0.1) is 0 Å². The number of nitrogens with zero attached hydrogens (tertiary/aromatic N) is 3. The van der Waals surface area contributed by atoms with Crippen LogP contribution in [0.25, 0.3) is 11.3 Å². The lowest BCUT2D eigenvalue weighted by molar-refractivity contribution is -0.171. The first-order chi connectivity index (χ1) is 14.6. The zero-order chi connectivity index (χ0) is 20.7. The topological polar surface area (TPSA) is 77.7 Å². The number of carbonyl (C=O) groups excluding carboxylic acids is 1. The van der Waals surface area contributed by atoms with Crippen LogP contribution in [0.5, 0.6) is 5.88 Å². The smallest absolute Gasteiger partial charge is 0.255 e. The van der Waals surface area contributed by atoms with Crippen molar-refractivity contribution in [2.45, 2.75) is 32.2 Å². The number of fused-ring (bicyclic) bond motifs is 2. The third-order valence-electron chi connectivity index (χ3n) is 5.50. The maximum Gasteiger partial charge on any atom is 0.255 e. The number of morpholine rings is 1. The number of hydrogen-bond acceptors (Lipinski definition) is 6. The molecule has 0 unspecified atom stereocenters. The minimum absolute atomic E-state index is 0.0412. The summed E-state index contributed by atoms with van der Waals surface area (Å²) in [4.78, 5) is 18.7. The molecule has 0 spiro atoms. The van der Waals surface area contributed by atoms with Crippen molar-refractivity contribution in [3.8, 4) is 17.1 Å². The molecule has 6 rings (SSSR count). The van der Waals surface area contributed by atoms with Crippen molar-refractivity contribution in [3.05, 3.63) is 65.3 Å². The van der Waals surface area contributed by atoms with Gasteiger partial charge in [-0.3, -0.25) is 4.79 Å². The Bertz CT molecular complexity index is 1050. The first-order valence-electron chi connectivity index (χ1n) is 9.81. The molecular formula is C22H20FN3O4. The molecule has 2 aromatic heterocycles. The highest BCUT2D eigenvalue weighted by atomic mass is 19.1. The fraction of sp³-hybridized carbons (Fsp3) is 0.318. The van der Waals surface area contributed by atoms with Gasteiger partial charge in [-0.05, 0) is 37.3 Å². The summed E-state index contributed by atoms with van der Waals surface area (Å²) in [5.74, 6) is 0.652. The molecule has 5 heterocycles. The van der Waals surface area contributed by atoms with Crippen molar-refractivity contribution in [3.63, 3.8) is 0 Å². The van der Waals surface area contributed by atoms with E-state index in [9.17, 15) is 9.18 Å². The van der Waals surface area contributed by atoms with Crippen molar-refractivity contribution in [1.29, 1.82) is 0 Å². The highest BCUT2D eigenvalue weighted by Gasteiger charge is 2.40. The predicted octanol–water partition coefficient (Wildman–Crippen LogP) is 3.38. The summed E-state index contributed by atoms with van der Waals surface area (Å²) < 4.78 is 29.9. The van der Waals surface area contributed by atoms with Crippen LogP contribution < -0.4 is 4.74 Å². The van der Waals surface area contributed by atoms with Gasteiger partial charge in [-0.2, -0.15) is 0 Å². The zero-order valence-electron chi connectivity index (χ0n) is 16.4. The molecule has 1 amide bonds. The van der Waals surface area contributed by atoms with Crippen LogP contribution in [0.15, 0.2) is 47.1 Å². The summed E-state index contributed by atoms with van der Waals surface area (Å²) in [5, 5.41) is 4.07.